The number of hydrogen-bond donors (Lipinski definition) is 0. The van der Waals surface area contributed by atoms with Gasteiger partial charge in [0.25, 0.3) is 0 Å². The average molecular weight is 380 g/mol. The lowest BCUT2D eigenvalue weighted by Gasteiger charge is -2.11. The minimum Gasteiger partial charge on any atom is -0.0616 e. The summed E-state index contributed by atoms with van der Waals surface area (Å²) >= 11 is 0. The van der Waals surface area contributed by atoms with Gasteiger partial charge in [-0.1, -0.05) is 103 Å². The molecule has 0 radical (unpaired) electrons. The van der Waals surface area contributed by atoms with Gasteiger partial charge in [-0.15, -0.1) is 0 Å². The van der Waals surface area contributed by atoms with Crippen LogP contribution < -0.4 is 0 Å². The third kappa shape index (κ3) is 2.86. The summed E-state index contributed by atoms with van der Waals surface area (Å²) in [5.41, 5.74) is 5.05. The first kappa shape index (κ1) is 17.0. The number of rotatable bonds is 2. The fraction of sp³-hybridized carbons (Fsp3) is 0. The summed E-state index contributed by atoms with van der Waals surface area (Å²) in [6.45, 7) is 0. The van der Waals surface area contributed by atoms with Crippen LogP contribution in [0.1, 0.15) is 0 Å². The normalized spacial score (nSPS) is 11.3. The monoisotopic (exact) mass is 380 g/mol. The first-order valence-electron chi connectivity index (χ1n) is 10.4. The van der Waals surface area contributed by atoms with Crippen LogP contribution in [0, 0.1) is 0 Å². The van der Waals surface area contributed by atoms with Crippen molar-refractivity contribution in [3.05, 3.63) is 121 Å². The molecule has 0 aliphatic heterocycles. The van der Waals surface area contributed by atoms with Crippen LogP contribution in [0.4, 0.5) is 0 Å². The van der Waals surface area contributed by atoms with E-state index in [-0.39, 0.29) is 0 Å². The largest absolute Gasteiger partial charge is 0.0616 e. The minimum absolute atomic E-state index is 1.25. The van der Waals surface area contributed by atoms with Gasteiger partial charge in [-0.05, 0) is 72.8 Å². The molecule has 140 valence electrons. The molecule has 0 heterocycles. The van der Waals surface area contributed by atoms with Gasteiger partial charge in [0.15, 0.2) is 0 Å². The van der Waals surface area contributed by atoms with Crippen LogP contribution in [0.3, 0.4) is 0 Å². The van der Waals surface area contributed by atoms with Crippen LogP contribution in [-0.2, 0) is 0 Å². The zero-order valence-electron chi connectivity index (χ0n) is 16.5. The molecule has 0 fully saturated rings. The Morgan fingerprint density at radius 1 is 0.300 bits per heavy atom. The van der Waals surface area contributed by atoms with Gasteiger partial charge in [-0.25, -0.2) is 0 Å². The number of benzene rings is 6. The minimum atomic E-state index is 1.25. The van der Waals surface area contributed by atoms with E-state index in [0.29, 0.717) is 0 Å². The maximum absolute atomic E-state index is 2.31. The highest BCUT2D eigenvalue weighted by Crippen LogP contribution is 2.34. The fourth-order valence-electron chi connectivity index (χ4n) is 4.44. The van der Waals surface area contributed by atoms with Crippen molar-refractivity contribution in [1.29, 1.82) is 0 Å². The maximum Gasteiger partial charge on any atom is -0.0105 e. The Labute approximate surface area is 176 Å². The molecule has 6 aromatic rings. The van der Waals surface area contributed by atoms with E-state index in [4.69, 9.17) is 0 Å². The van der Waals surface area contributed by atoms with Gasteiger partial charge >= 0.3 is 0 Å². The van der Waals surface area contributed by atoms with Crippen molar-refractivity contribution in [2.45, 2.75) is 0 Å². The lowest BCUT2D eigenvalue weighted by atomic mass is 9.93. The molecule has 0 bridgehead atoms. The molecular weight excluding hydrogens is 360 g/mol. The van der Waals surface area contributed by atoms with Gasteiger partial charge in [-0.3, -0.25) is 0 Å². The van der Waals surface area contributed by atoms with Crippen LogP contribution in [0.2, 0.25) is 0 Å². The third-order valence-corrected chi connectivity index (χ3v) is 6.02. The molecule has 0 saturated carbocycles. The summed E-state index contributed by atoms with van der Waals surface area (Å²) in [5, 5.41) is 7.67. The lowest BCUT2D eigenvalue weighted by Crippen LogP contribution is -1.84. The zero-order valence-corrected chi connectivity index (χ0v) is 16.5. The van der Waals surface area contributed by atoms with Gasteiger partial charge < -0.3 is 0 Å². The zero-order chi connectivity index (χ0) is 19.9. The standard InChI is InChI=1S/C30H20/c1-3-8-23-18-25(14-12-21(23)6-1)26-16-17-30-27(20-26)10-5-11-29(30)28-15-13-22-7-2-4-9-24(22)19-28/h1-20H. The Morgan fingerprint density at radius 3 is 1.50 bits per heavy atom. The first-order chi connectivity index (χ1) is 14.8. The van der Waals surface area contributed by atoms with Crippen molar-refractivity contribution in [3.63, 3.8) is 0 Å². The van der Waals surface area contributed by atoms with Crippen molar-refractivity contribution >= 4 is 32.3 Å². The van der Waals surface area contributed by atoms with Crippen molar-refractivity contribution < 1.29 is 0 Å². The predicted octanol–water partition coefficient (Wildman–Crippen LogP) is 8.48. The highest BCUT2D eigenvalue weighted by atomic mass is 14.1. The van der Waals surface area contributed by atoms with Gasteiger partial charge in [0, 0.05) is 0 Å². The molecule has 6 rings (SSSR count). The second kappa shape index (κ2) is 6.86. The molecule has 0 N–H and O–H groups in total. The summed E-state index contributed by atoms with van der Waals surface area (Å²) < 4.78 is 0. The van der Waals surface area contributed by atoms with Gasteiger partial charge in [0.2, 0.25) is 0 Å². The van der Waals surface area contributed by atoms with E-state index in [0.717, 1.165) is 0 Å². The van der Waals surface area contributed by atoms with Crippen LogP contribution >= 0.6 is 0 Å². The van der Waals surface area contributed by atoms with Crippen molar-refractivity contribution in [2.24, 2.45) is 0 Å². The average Bonchev–Trinajstić information content (AvgIpc) is 2.82. The smallest absolute Gasteiger partial charge is 0.0105 e. The fourth-order valence-corrected chi connectivity index (χ4v) is 4.44. The molecule has 0 nitrogen and oxygen atoms in total. The Morgan fingerprint density at radius 2 is 0.800 bits per heavy atom. The molecule has 0 unspecified atom stereocenters. The molecule has 0 aliphatic rings. The second-order valence-electron chi connectivity index (χ2n) is 7.87. The highest BCUT2D eigenvalue weighted by Gasteiger charge is 2.07. The van der Waals surface area contributed by atoms with Crippen LogP contribution in [-0.4, -0.2) is 0 Å². The Hall–Kier alpha value is -3.90. The third-order valence-electron chi connectivity index (χ3n) is 6.02. The summed E-state index contributed by atoms with van der Waals surface area (Å²) in [4.78, 5) is 0. The Balaban J connectivity index is 1.49. The molecule has 0 amide bonds. The van der Waals surface area contributed by atoms with E-state index in [1.54, 1.807) is 0 Å². The van der Waals surface area contributed by atoms with E-state index in [1.807, 2.05) is 0 Å². The number of hydrogen-bond acceptors (Lipinski definition) is 0. The van der Waals surface area contributed by atoms with Crippen LogP contribution in [0.15, 0.2) is 121 Å². The van der Waals surface area contributed by atoms with Crippen molar-refractivity contribution in [2.75, 3.05) is 0 Å². The summed E-state index contributed by atoms with van der Waals surface area (Å²) in [5.74, 6) is 0. The summed E-state index contributed by atoms with van der Waals surface area (Å²) in [6.07, 6.45) is 0. The molecule has 0 saturated heterocycles. The van der Waals surface area contributed by atoms with E-state index < -0.39 is 0 Å². The predicted molar refractivity (Wildman–Crippen MR) is 130 cm³/mol. The second-order valence-corrected chi connectivity index (χ2v) is 7.87. The number of fused-ring (bicyclic) bond motifs is 3. The SMILES string of the molecule is c1ccc2cc(-c3ccc4c(-c5ccc6ccccc6c5)cccc4c3)ccc2c1. The lowest BCUT2D eigenvalue weighted by molar-refractivity contribution is 1.65. The first-order valence-corrected chi connectivity index (χ1v) is 10.4. The van der Waals surface area contributed by atoms with E-state index in [1.165, 1.54) is 54.6 Å². The molecular formula is C30H20. The van der Waals surface area contributed by atoms with Crippen LogP contribution in [0.5, 0.6) is 0 Å². The van der Waals surface area contributed by atoms with Gasteiger partial charge in [0.1, 0.15) is 0 Å². The highest BCUT2D eigenvalue weighted by molar-refractivity contribution is 6.01. The quantitative estimate of drug-likeness (QED) is 0.282. The topological polar surface area (TPSA) is 0 Å². The van der Waals surface area contributed by atoms with E-state index >= 15 is 0 Å². The Bertz CT molecular complexity index is 1540. The Kier molecular flexibility index (Phi) is 3.89. The summed E-state index contributed by atoms with van der Waals surface area (Å²) in [7, 11) is 0. The molecule has 0 aliphatic carbocycles. The van der Waals surface area contributed by atoms with E-state index in [9.17, 15) is 0 Å². The van der Waals surface area contributed by atoms with E-state index in [2.05, 4.69) is 121 Å². The molecule has 30 heavy (non-hydrogen) atoms. The molecule has 0 spiro atoms. The molecule has 0 heteroatoms. The van der Waals surface area contributed by atoms with Crippen LogP contribution in [0.25, 0.3) is 54.6 Å². The molecule has 0 aromatic heterocycles. The van der Waals surface area contributed by atoms with Crippen molar-refractivity contribution in [3.8, 4) is 22.3 Å². The maximum atomic E-state index is 2.31. The van der Waals surface area contributed by atoms with Gasteiger partial charge in [0.05, 0.1) is 0 Å². The molecule has 6 aromatic carbocycles. The summed E-state index contributed by atoms with van der Waals surface area (Å²) in [6, 6.07) is 43.9. The van der Waals surface area contributed by atoms with Gasteiger partial charge in [-0.2, -0.15) is 0 Å². The molecule has 0 atom stereocenters. The van der Waals surface area contributed by atoms with Crippen molar-refractivity contribution in [1.82, 2.24) is 0 Å².